The molecule has 0 aliphatic heterocycles. The minimum atomic E-state index is -4.86. The van der Waals surface area contributed by atoms with Gasteiger partial charge < -0.3 is 19.3 Å². The van der Waals surface area contributed by atoms with Crippen molar-refractivity contribution in [3.05, 3.63) is 47.5 Å². The van der Waals surface area contributed by atoms with E-state index >= 15 is 0 Å². The van der Waals surface area contributed by atoms with Crippen LogP contribution in [0.1, 0.15) is 11.1 Å². The summed E-state index contributed by atoms with van der Waals surface area (Å²) in [6.45, 7) is 0.674. The Morgan fingerprint density at radius 2 is 1.65 bits per heavy atom. The van der Waals surface area contributed by atoms with Gasteiger partial charge in [-0.3, -0.25) is 4.90 Å². The molecule has 2 aromatic carbocycles. The lowest BCUT2D eigenvalue weighted by molar-refractivity contribution is -0.275. The molecule has 2 rings (SSSR count). The average Bonchev–Trinajstić information content (AvgIpc) is 2.57. The normalized spacial score (nSPS) is 11.5. The number of hydrogen-bond donors (Lipinski definition) is 1. The fourth-order valence-corrected chi connectivity index (χ4v) is 2.52. The minimum Gasteiger partial charge on any atom is -0.504 e. The van der Waals surface area contributed by atoms with Gasteiger partial charge in [0.1, 0.15) is 11.5 Å². The summed E-state index contributed by atoms with van der Waals surface area (Å²) >= 11 is 0. The number of benzene rings is 2. The molecule has 0 amide bonds. The van der Waals surface area contributed by atoms with Gasteiger partial charge in [0, 0.05) is 30.3 Å². The van der Waals surface area contributed by atoms with Crippen LogP contribution in [0.15, 0.2) is 36.4 Å². The van der Waals surface area contributed by atoms with Crippen molar-refractivity contribution in [2.24, 2.45) is 0 Å². The number of hydrogen-bond acceptors (Lipinski definition) is 5. The zero-order valence-electron chi connectivity index (χ0n) is 14.6. The summed E-state index contributed by atoms with van der Waals surface area (Å²) in [5.41, 5.74) is 1.19. The Labute approximate surface area is 149 Å². The maximum absolute atomic E-state index is 12.4. The van der Waals surface area contributed by atoms with E-state index in [1.807, 2.05) is 11.0 Å². The third kappa shape index (κ3) is 5.19. The number of aromatic hydroxyl groups is 1. The van der Waals surface area contributed by atoms with Gasteiger partial charge in [0.05, 0.1) is 14.2 Å². The lowest BCUT2D eigenvalue weighted by Crippen LogP contribution is -2.19. The summed E-state index contributed by atoms with van der Waals surface area (Å²) in [7, 11) is 4.88. The fourth-order valence-electron chi connectivity index (χ4n) is 2.52. The van der Waals surface area contributed by atoms with E-state index in [1.54, 1.807) is 39.5 Å². The third-order valence-electron chi connectivity index (χ3n) is 3.68. The van der Waals surface area contributed by atoms with E-state index < -0.39 is 17.9 Å². The first-order valence-corrected chi connectivity index (χ1v) is 7.69. The average molecular weight is 371 g/mol. The molecule has 0 spiro atoms. The highest BCUT2D eigenvalue weighted by atomic mass is 19.4. The van der Waals surface area contributed by atoms with E-state index in [9.17, 15) is 18.3 Å². The lowest BCUT2D eigenvalue weighted by atomic mass is 10.1. The predicted molar refractivity (Wildman–Crippen MR) is 89.5 cm³/mol. The second-order valence-corrected chi connectivity index (χ2v) is 5.66. The molecule has 2 aromatic rings. The molecule has 0 aliphatic rings. The number of nitrogens with zero attached hydrogens (tertiary/aromatic N) is 1. The van der Waals surface area contributed by atoms with Crippen LogP contribution in [-0.4, -0.2) is 37.6 Å². The third-order valence-corrected chi connectivity index (χ3v) is 3.68. The molecule has 0 unspecified atom stereocenters. The lowest BCUT2D eigenvalue weighted by Gasteiger charge is -2.20. The van der Waals surface area contributed by atoms with Crippen LogP contribution in [0, 0.1) is 0 Å². The molecule has 0 aliphatic carbocycles. The summed E-state index contributed by atoms with van der Waals surface area (Å²) in [5, 5.41) is 10.0. The number of halogens is 3. The van der Waals surface area contributed by atoms with Gasteiger partial charge in [0.25, 0.3) is 0 Å². The van der Waals surface area contributed by atoms with Crippen LogP contribution < -0.4 is 14.2 Å². The van der Waals surface area contributed by atoms with Gasteiger partial charge in [-0.25, -0.2) is 0 Å². The van der Waals surface area contributed by atoms with Gasteiger partial charge in [0.15, 0.2) is 11.5 Å². The number of methoxy groups -OCH3 is 2. The largest absolute Gasteiger partial charge is 0.573 e. The molecule has 5 nitrogen and oxygen atoms in total. The van der Waals surface area contributed by atoms with Crippen molar-refractivity contribution in [1.82, 2.24) is 4.90 Å². The molecule has 8 heteroatoms. The topological polar surface area (TPSA) is 51.2 Å². The van der Waals surface area contributed by atoms with Crippen LogP contribution >= 0.6 is 0 Å². The summed E-state index contributed by atoms with van der Waals surface area (Å²) in [6.07, 6.45) is -4.86. The van der Waals surface area contributed by atoms with E-state index in [-0.39, 0.29) is 6.54 Å². The Hall–Kier alpha value is -2.61. The summed E-state index contributed by atoms with van der Waals surface area (Å²) in [6, 6.07) is 9.40. The van der Waals surface area contributed by atoms with Gasteiger partial charge in [-0.2, -0.15) is 0 Å². The second kappa shape index (κ2) is 8.18. The Bertz CT molecular complexity index is 750. The van der Waals surface area contributed by atoms with E-state index in [0.29, 0.717) is 23.6 Å². The maximum Gasteiger partial charge on any atom is 0.573 e. The number of alkyl halides is 3. The molecule has 26 heavy (non-hydrogen) atoms. The maximum atomic E-state index is 12.4. The van der Waals surface area contributed by atoms with Crippen molar-refractivity contribution in [3.8, 4) is 23.0 Å². The molecular weight excluding hydrogens is 351 g/mol. The standard InChI is InChI=1S/C18H20F3NO4/c1-22(10-12-7-8-14(24-2)9-16(12)25-3)11-13-5-4-6-15(17(13)23)26-18(19,20)21/h4-9,23H,10-11H2,1-3H3. The van der Waals surface area contributed by atoms with Gasteiger partial charge in [-0.05, 0) is 19.2 Å². The van der Waals surface area contributed by atoms with Crippen LogP contribution in [0.4, 0.5) is 13.2 Å². The smallest absolute Gasteiger partial charge is 0.504 e. The van der Waals surface area contributed by atoms with E-state index in [4.69, 9.17) is 9.47 Å². The molecule has 0 saturated heterocycles. The van der Waals surface area contributed by atoms with Crippen LogP contribution in [-0.2, 0) is 13.1 Å². The van der Waals surface area contributed by atoms with Crippen molar-refractivity contribution in [2.45, 2.75) is 19.5 Å². The molecule has 1 N–H and O–H groups in total. The van der Waals surface area contributed by atoms with Gasteiger partial charge in [0.2, 0.25) is 0 Å². The number of phenolic OH excluding ortho intramolecular Hbond substituents is 1. The minimum absolute atomic E-state index is 0.218. The van der Waals surface area contributed by atoms with Crippen molar-refractivity contribution in [3.63, 3.8) is 0 Å². The molecule has 0 atom stereocenters. The molecule has 0 fully saturated rings. The van der Waals surface area contributed by atoms with E-state index in [0.717, 1.165) is 11.6 Å². The molecule has 0 saturated carbocycles. The van der Waals surface area contributed by atoms with Gasteiger partial charge >= 0.3 is 6.36 Å². The first-order chi connectivity index (χ1) is 12.2. The van der Waals surface area contributed by atoms with Gasteiger partial charge in [-0.1, -0.05) is 18.2 Å². The van der Waals surface area contributed by atoms with Crippen LogP contribution in [0.3, 0.4) is 0 Å². The number of phenols is 1. The number of para-hydroxylation sites is 1. The monoisotopic (exact) mass is 371 g/mol. The molecule has 0 bridgehead atoms. The SMILES string of the molecule is COc1ccc(CN(C)Cc2cccc(OC(F)(F)F)c2O)c(OC)c1. The number of ether oxygens (including phenoxy) is 3. The first-order valence-electron chi connectivity index (χ1n) is 7.69. The van der Waals surface area contributed by atoms with Crippen molar-refractivity contribution in [2.75, 3.05) is 21.3 Å². The Kier molecular flexibility index (Phi) is 6.20. The van der Waals surface area contributed by atoms with Crippen LogP contribution in [0.25, 0.3) is 0 Å². The number of rotatable bonds is 7. The zero-order chi connectivity index (χ0) is 19.3. The summed E-state index contributed by atoms with van der Waals surface area (Å²) in [5.74, 6) is 0.140. The van der Waals surface area contributed by atoms with Crippen molar-refractivity contribution < 1.29 is 32.5 Å². The summed E-state index contributed by atoms with van der Waals surface area (Å²) in [4.78, 5) is 1.83. The Morgan fingerprint density at radius 1 is 0.962 bits per heavy atom. The molecule has 0 radical (unpaired) electrons. The van der Waals surface area contributed by atoms with Gasteiger partial charge in [-0.15, -0.1) is 13.2 Å². The fraction of sp³-hybridized carbons (Fsp3) is 0.333. The molecular formula is C18H20F3NO4. The van der Waals surface area contributed by atoms with Crippen LogP contribution in [0.2, 0.25) is 0 Å². The Balaban J connectivity index is 2.13. The first kappa shape index (κ1) is 19.7. The second-order valence-electron chi connectivity index (χ2n) is 5.66. The van der Waals surface area contributed by atoms with E-state index in [2.05, 4.69) is 4.74 Å². The molecule has 142 valence electrons. The van der Waals surface area contributed by atoms with Crippen molar-refractivity contribution in [1.29, 1.82) is 0 Å². The highest BCUT2D eigenvalue weighted by Gasteiger charge is 2.32. The molecule has 0 aromatic heterocycles. The van der Waals surface area contributed by atoms with E-state index in [1.165, 1.54) is 6.07 Å². The van der Waals surface area contributed by atoms with Crippen molar-refractivity contribution >= 4 is 0 Å². The highest BCUT2D eigenvalue weighted by molar-refractivity contribution is 5.45. The quantitative estimate of drug-likeness (QED) is 0.799. The Morgan fingerprint density at radius 3 is 2.27 bits per heavy atom. The molecule has 0 heterocycles. The van der Waals surface area contributed by atoms with Crippen LogP contribution in [0.5, 0.6) is 23.0 Å². The highest BCUT2D eigenvalue weighted by Crippen LogP contribution is 2.35. The summed E-state index contributed by atoms with van der Waals surface area (Å²) < 4.78 is 51.5. The predicted octanol–water partition coefficient (Wildman–Crippen LogP) is 3.94. The zero-order valence-corrected chi connectivity index (χ0v) is 14.6.